The molecule has 3 rings (SSSR count). The van der Waals surface area contributed by atoms with Gasteiger partial charge in [0.2, 0.25) is 0 Å². The smallest absolute Gasteiger partial charge is 0.191 e. The molecular formula is C22H32N6O. The number of nitrogens with one attached hydrogen (secondary N) is 2. The van der Waals surface area contributed by atoms with Gasteiger partial charge in [0.05, 0.1) is 18.8 Å². The Morgan fingerprint density at radius 2 is 1.97 bits per heavy atom. The summed E-state index contributed by atoms with van der Waals surface area (Å²) in [4.78, 5) is 16.0. The van der Waals surface area contributed by atoms with Crippen LogP contribution in [0.1, 0.15) is 32.0 Å². The van der Waals surface area contributed by atoms with E-state index in [0.717, 1.165) is 55.6 Å². The Balaban J connectivity index is 1.53. The summed E-state index contributed by atoms with van der Waals surface area (Å²) in [5.41, 5.74) is 2.16. The monoisotopic (exact) mass is 396 g/mol. The molecule has 3 heterocycles. The third-order valence-corrected chi connectivity index (χ3v) is 4.72. The highest BCUT2D eigenvalue weighted by atomic mass is 16.5. The summed E-state index contributed by atoms with van der Waals surface area (Å²) in [6.45, 7) is 10.2. The lowest BCUT2D eigenvalue weighted by atomic mass is 10.2. The van der Waals surface area contributed by atoms with E-state index in [1.165, 1.54) is 0 Å². The van der Waals surface area contributed by atoms with Gasteiger partial charge in [0.1, 0.15) is 5.82 Å². The van der Waals surface area contributed by atoms with Gasteiger partial charge in [0.25, 0.3) is 0 Å². The molecule has 7 nitrogen and oxygen atoms in total. The van der Waals surface area contributed by atoms with Crippen LogP contribution in [0.15, 0.2) is 47.7 Å². The molecule has 1 aliphatic heterocycles. The van der Waals surface area contributed by atoms with Crippen molar-refractivity contribution in [3.63, 3.8) is 0 Å². The first-order valence-corrected chi connectivity index (χ1v) is 10.4. The van der Waals surface area contributed by atoms with Gasteiger partial charge in [-0.25, -0.2) is 9.98 Å². The average molecular weight is 397 g/mol. The molecule has 0 amide bonds. The number of rotatable bonds is 7. The number of ether oxygens (including phenoxy) is 1. The molecule has 2 aromatic heterocycles. The number of guanidine groups is 1. The van der Waals surface area contributed by atoms with E-state index >= 15 is 0 Å². The highest BCUT2D eigenvalue weighted by Crippen LogP contribution is 2.18. The zero-order valence-electron chi connectivity index (χ0n) is 17.6. The number of nitrogens with zero attached hydrogens (tertiary/aromatic N) is 4. The fourth-order valence-electron chi connectivity index (χ4n) is 3.43. The summed E-state index contributed by atoms with van der Waals surface area (Å²) in [5, 5.41) is 6.66. The van der Waals surface area contributed by atoms with Gasteiger partial charge in [-0.1, -0.05) is 12.1 Å². The van der Waals surface area contributed by atoms with Gasteiger partial charge in [0.15, 0.2) is 5.96 Å². The van der Waals surface area contributed by atoms with Crippen molar-refractivity contribution in [2.24, 2.45) is 4.99 Å². The Bertz CT molecular complexity index is 755. The SMILES string of the molecule is CCNC(=NCc1ccc(N2CC(C)OC(C)C2)nc1)NCCc1ccccn1. The predicted molar refractivity (Wildman–Crippen MR) is 117 cm³/mol. The van der Waals surface area contributed by atoms with E-state index in [1.54, 1.807) is 0 Å². The van der Waals surface area contributed by atoms with E-state index in [1.807, 2.05) is 30.6 Å². The van der Waals surface area contributed by atoms with Gasteiger partial charge in [-0.3, -0.25) is 4.98 Å². The molecule has 0 radical (unpaired) electrons. The molecule has 156 valence electrons. The van der Waals surface area contributed by atoms with Crippen LogP contribution < -0.4 is 15.5 Å². The van der Waals surface area contributed by atoms with Gasteiger partial charge >= 0.3 is 0 Å². The first kappa shape index (κ1) is 21.0. The lowest BCUT2D eigenvalue weighted by Gasteiger charge is -2.36. The zero-order chi connectivity index (χ0) is 20.5. The molecule has 2 unspecified atom stereocenters. The topological polar surface area (TPSA) is 74.7 Å². The van der Waals surface area contributed by atoms with Crippen LogP contribution in [0.3, 0.4) is 0 Å². The zero-order valence-corrected chi connectivity index (χ0v) is 17.6. The van der Waals surface area contributed by atoms with E-state index in [-0.39, 0.29) is 12.2 Å². The van der Waals surface area contributed by atoms with Gasteiger partial charge in [-0.05, 0) is 44.5 Å². The Kier molecular flexibility index (Phi) is 7.81. The Labute approximate surface area is 173 Å². The maximum Gasteiger partial charge on any atom is 0.191 e. The Morgan fingerprint density at radius 3 is 2.62 bits per heavy atom. The van der Waals surface area contributed by atoms with E-state index in [2.05, 4.69) is 63.4 Å². The van der Waals surface area contributed by atoms with Gasteiger partial charge < -0.3 is 20.3 Å². The second-order valence-corrected chi connectivity index (χ2v) is 7.38. The number of morpholine rings is 1. The fourth-order valence-corrected chi connectivity index (χ4v) is 3.43. The van der Waals surface area contributed by atoms with E-state index in [9.17, 15) is 0 Å². The second kappa shape index (κ2) is 10.8. The van der Waals surface area contributed by atoms with Crippen LogP contribution in [0.4, 0.5) is 5.82 Å². The summed E-state index contributed by atoms with van der Waals surface area (Å²) in [5.74, 6) is 1.81. The maximum atomic E-state index is 5.80. The third kappa shape index (κ3) is 6.71. The number of aromatic nitrogens is 2. The molecule has 7 heteroatoms. The van der Waals surface area contributed by atoms with Gasteiger partial charge in [-0.15, -0.1) is 0 Å². The number of anilines is 1. The van der Waals surface area contributed by atoms with Crippen molar-refractivity contribution in [3.05, 3.63) is 54.0 Å². The van der Waals surface area contributed by atoms with E-state index < -0.39 is 0 Å². The third-order valence-electron chi connectivity index (χ3n) is 4.72. The van der Waals surface area contributed by atoms with Crippen molar-refractivity contribution in [1.82, 2.24) is 20.6 Å². The van der Waals surface area contributed by atoms with Crippen LogP contribution >= 0.6 is 0 Å². The minimum Gasteiger partial charge on any atom is -0.372 e. The molecule has 1 aliphatic rings. The minimum atomic E-state index is 0.227. The molecule has 0 bridgehead atoms. The molecule has 0 saturated carbocycles. The lowest BCUT2D eigenvalue weighted by Crippen LogP contribution is -2.45. The Morgan fingerprint density at radius 1 is 1.14 bits per heavy atom. The van der Waals surface area contributed by atoms with Crippen molar-refractivity contribution in [1.29, 1.82) is 0 Å². The molecule has 1 saturated heterocycles. The standard InChI is InChI=1S/C22H32N6O/c1-4-23-22(25-12-10-20-7-5-6-11-24-20)27-14-19-8-9-21(26-13-19)28-15-17(2)29-18(3)16-28/h5-9,11,13,17-18H,4,10,12,14-16H2,1-3H3,(H2,23,25,27). The van der Waals surface area contributed by atoms with Gasteiger partial charge in [-0.2, -0.15) is 0 Å². The quantitative estimate of drug-likeness (QED) is 0.553. The molecule has 2 N–H and O–H groups in total. The largest absolute Gasteiger partial charge is 0.372 e. The van der Waals surface area contributed by atoms with E-state index in [4.69, 9.17) is 4.74 Å². The highest BCUT2D eigenvalue weighted by molar-refractivity contribution is 5.79. The fraction of sp³-hybridized carbons (Fsp3) is 0.500. The second-order valence-electron chi connectivity index (χ2n) is 7.38. The van der Waals surface area contributed by atoms with Crippen molar-refractivity contribution in [2.75, 3.05) is 31.1 Å². The summed E-state index contributed by atoms with van der Waals surface area (Å²) >= 11 is 0. The van der Waals surface area contributed by atoms with Gasteiger partial charge in [0, 0.05) is 50.7 Å². The average Bonchev–Trinajstić information content (AvgIpc) is 2.72. The number of aliphatic imine (C=N–C) groups is 1. The lowest BCUT2D eigenvalue weighted by molar-refractivity contribution is -0.00545. The molecule has 0 aromatic carbocycles. The van der Waals surface area contributed by atoms with Crippen LogP contribution in [-0.2, 0) is 17.7 Å². The number of hydrogen-bond donors (Lipinski definition) is 2. The van der Waals surface area contributed by atoms with Crippen molar-refractivity contribution >= 4 is 11.8 Å². The number of pyridine rings is 2. The molecule has 2 atom stereocenters. The number of hydrogen-bond acceptors (Lipinski definition) is 5. The van der Waals surface area contributed by atoms with Crippen molar-refractivity contribution in [2.45, 2.75) is 45.9 Å². The first-order chi connectivity index (χ1) is 14.1. The molecule has 0 spiro atoms. The highest BCUT2D eigenvalue weighted by Gasteiger charge is 2.22. The summed E-state index contributed by atoms with van der Waals surface area (Å²) in [6, 6.07) is 10.2. The van der Waals surface area contributed by atoms with Crippen LogP contribution in [-0.4, -0.2) is 54.3 Å². The molecule has 29 heavy (non-hydrogen) atoms. The molecule has 2 aromatic rings. The maximum absolute atomic E-state index is 5.80. The predicted octanol–water partition coefficient (Wildman–Crippen LogP) is 2.39. The summed E-state index contributed by atoms with van der Waals surface area (Å²) in [6.07, 6.45) is 5.05. The molecule has 1 fully saturated rings. The van der Waals surface area contributed by atoms with E-state index in [0.29, 0.717) is 6.54 Å². The van der Waals surface area contributed by atoms with Crippen LogP contribution in [0.25, 0.3) is 0 Å². The van der Waals surface area contributed by atoms with Crippen molar-refractivity contribution < 1.29 is 4.74 Å². The Hall–Kier alpha value is -2.67. The minimum absolute atomic E-state index is 0.227. The molecular weight excluding hydrogens is 364 g/mol. The van der Waals surface area contributed by atoms with Crippen LogP contribution in [0.5, 0.6) is 0 Å². The normalized spacial score (nSPS) is 19.8. The first-order valence-electron chi connectivity index (χ1n) is 10.4. The molecule has 0 aliphatic carbocycles. The summed E-state index contributed by atoms with van der Waals surface area (Å²) < 4.78 is 5.80. The van der Waals surface area contributed by atoms with Crippen LogP contribution in [0, 0.1) is 0 Å². The summed E-state index contributed by atoms with van der Waals surface area (Å²) in [7, 11) is 0. The van der Waals surface area contributed by atoms with Crippen molar-refractivity contribution in [3.8, 4) is 0 Å². The van der Waals surface area contributed by atoms with Crippen LogP contribution in [0.2, 0.25) is 0 Å².